The summed E-state index contributed by atoms with van der Waals surface area (Å²) in [5.41, 5.74) is -0.960. The van der Waals surface area contributed by atoms with Crippen molar-refractivity contribution in [1.82, 2.24) is 19.5 Å². The Morgan fingerprint density at radius 2 is 2.13 bits per heavy atom. The van der Waals surface area contributed by atoms with Gasteiger partial charge >= 0.3 is 11.7 Å². The van der Waals surface area contributed by atoms with Crippen LogP contribution >= 0.6 is 0 Å². The number of carbonyl (C=O) groups is 1. The number of nitrogens with zero attached hydrogens (tertiary/aromatic N) is 4. The number of anilines is 1. The third kappa shape index (κ3) is 4.18. The molecule has 0 unspecified atom stereocenters. The maximum Gasteiger partial charge on any atom is 0.330 e. The number of fused-ring (bicyclic) bond motifs is 1. The molecule has 0 aliphatic carbocycles. The standard InChI is InChI=1S/C21H22FN5O4/c1-2-31-19(29)14-7-5-9-26(11-14)20-23-10-15-17(24-20)25-21(30)27(18(15)28)12-13-6-3-4-8-16(13)22/h3-4,6,8,10,14H,2,5,7,9,11-12H2,1H3,(H,23,24,25,30)/t14-/m0/s1. The molecule has 31 heavy (non-hydrogen) atoms. The van der Waals surface area contributed by atoms with Gasteiger partial charge in [0.2, 0.25) is 5.95 Å². The molecule has 0 radical (unpaired) electrons. The zero-order valence-corrected chi connectivity index (χ0v) is 17.0. The summed E-state index contributed by atoms with van der Waals surface area (Å²) in [7, 11) is 0. The molecule has 10 heteroatoms. The van der Waals surface area contributed by atoms with Crippen molar-refractivity contribution < 1.29 is 13.9 Å². The molecular weight excluding hydrogens is 405 g/mol. The Morgan fingerprint density at radius 1 is 1.32 bits per heavy atom. The maximum absolute atomic E-state index is 14.0. The van der Waals surface area contributed by atoms with Gasteiger partial charge in [-0.25, -0.2) is 14.2 Å². The molecule has 3 aromatic rings. The molecule has 0 bridgehead atoms. The highest BCUT2D eigenvalue weighted by molar-refractivity contribution is 5.75. The number of hydrogen-bond donors (Lipinski definition) is 1. The Bertz CT molecular complexity index is 1240. The van der Waals surface area contributed by atoms with Crippen LogP contribution in [0.5, 0.6) is 0 Å². The van der Waals surface area contributed by atoms with E-state index in [0.29, 0.717) is 25.6 Å². The highest BCUT2D eigenvalue weighted by Gasteiger charge is 2.28. The Morgan fingerprint density at radius 3 is 2.90 bits per heavy atom. The molecule has 1 aliphatic rings. The van der Waals surface area contributed by atoms with Crippen LogP contribution in [0.1, 0.15) is 25.3 Å². The first-order valence-corrected chi connectivity index (χ1v) is 10.1. The summed E-state index contributed by atoms with van der Waals surface area (Å²) in [4.78, 5) is 50.5. The highest BCUT2D eigenvalue weighted by Crippen LogP contribution is 2.22. The molecule has 1 aliphatic heterocycles. The Kier molecular flexibility index (Phi) is 5.79. The molecule has 1 atom stereocenters. The van der Waals surface area contributed by atoms with Crippen LogP contribution in [-0.4, -0.2) is 45.2 Å². The number of aromatic amines is 1. The van der Waals surface area contributed by atoms with Crippen LogP contribution in [0.4, 0.5) is 10.3 Å². The fraction of sp³-hybridized carbons (Fsp3) is 0.381. The Labute approximate surface area is 176 Å². The molecule has 0 saturated carbocycles. The maximum atomic E-state index is 14.0. The quantitative estimate of drug-likeness (QED) is 0.614. The lowest BCUT2D eigenvalue weighted by Gasteiger charge is -2.31. The second-order valence-electron chi connectivity index (χ2n) is 7.38. The van der Waals surface area contributed by atoms with Crippen molar-refractivity contribution in [2.75, 3.05) is 24.6 Å². The number of carbonyl (C=O) groups excluding carboxylic acids is 1. The van der Waals surface area contributed by atoms with E-state index >= 15 is 0 Å². The predicted octanol–water partition coefficient (Wildman–Crippen LogP) is 1.45. The monoisotopic (exact) mass is 427 g/mol. The molecule has 0 amide bonds. The van der Waals surface area contributed by atoms with Gasteiger partial charge in [-0.3, -0.25) is 19.1 Å². The van der Waals surface area contributed by atoms with E-state index in [0.717, 1.165) is 17.4 Å². The average molecular weight is 427 g/mol. The van der Waals surface area contributed by atoms with E-state index in [9.17, 15) is 18.8 Å². The van der Waals surface area contributed by atoms with Crippen molar-refractivity contribution in [3.05, 3.63) is 62.7 Å². The first-order valence-electron chi connectivity index (χ1n) is 10.1. The minimum atomic E-state index is -0.687. The molecule has 1 aromatic carbocycles. The van der Waals surface area contributed by atoms with E-state index in [1.54, 1.807) is 13.0 Å². The molecule has 1 fully saturated rings. The topological polar surface area (TPSA) is 110 Å². The van der Waals surface area contributed by atoms with Gasteiger partial charge in [-0.05, 0) is 25.8 Å². The fourth-order valence-corrected chi connectivity index (χ4v) is 3.73. The number of piperidine rings is 1. The smallest absolute Gasteiger partial charge is 0.330 e. The normalized spacial score (nSPS) is 16.5. The number of halogens is 1. The first kappa shape index (κ1) is 20.7. The zero-order valence-electron chi connectivity index (χ0n) is 17.0. The van der Waals surface area contributed by atoms with Gasteiger partial charge in [-0.15, -0.1) is 0 Å². The van der Waals surface area contributed by atoms with E-state index in [2.05, 4.69) is 15.0 Å². The highest BCUT2D eigenvalue weighted by atomic mass is 19.1. The summed E-state index contributed by atoms with van der Waals surface area (Å²) >= 11 is 0. The van der Waals surface area contributed by atoms with Crippen LogP contribution in [0.3, 0.4) is 0 Å². The Balaban J connectivity index is 1.65. The third-order valence-corrected chi connectivity index (χ3v) is 5.33. The predicted molar refractivity (Wildman–Crippen MR) is 111 cm³/mol. The van der Waals surface area contributed by atoms with Crippen molar-refractivity contribution in [3.63, 3.8) is 0 Å². The van der Waals surface area contributed by atoms with Gasteiger partial charge in [0.1, 0.15) is 11.2 Å². The number of rotatable bonds is 5. The van der Waals surface area contributed by atoms with E-state index in [-0.39, 0.29) is 35.0 Å². The molecular formula is C21H22FN5O4. The first-order chi connectivity index (χ1) is 15.0. The number of aromatic nitrogens is 4. The number of ether oxygens (including phenoxy) is 1. The number of H-pyrrole nitrogens is 1. The van der Waals surface area contributed by atoms with Crippen molar-refractivity contribution >= 4 is 23.0 Å². The van der Waals surface area contributed by atoms with E-state index in [1.165, 1.54) is 24.4 Å². The lowest BCUT2D eigenvalue weighted by Crippen LogP contribution is -2.40. The zero-order chi connectivity index (χ0) is 22.0. The van der Waals surface area contributed by atoms with Gasteiger partial charge in [-0.1, -0.05) is 18.2 Å². The van der Waals surface area contributed by atoms with Crippen LogP contribution in [-0.2, 0) is 16.1 Å². The van der Waals surface area contributed by atoms with Crippen molar-refractivity contribution in [2.45, 2.75) is 26.3 Å². The largest absolute Gasteiger partial charge is 0.466 e. The summed E-state index contributed by atoms with van der Waals surface area (Å²) in [6, 6.07) is 5.96. The van der Waals surface area contributed by atoms with Crippen LogP contribution in [0, 0.1) is 11.7 Å². The SMILES string of the molecule is CCOC(=O)[C@H]1CCCN(c2ncc3c(=O)n(Cc4ccccc4F)c(=O)[nH]c3n2)C1. The second-order valence-corrected chi connectivity index (χ2v) is 7.38. The van der Waals surface area contributed by atoms with Gasteiger partial charge in [0.25, 0.3) is 5.56 Å². The van der Waals surface area contributed by atoms with Gasteiger partial charge in [0.05, 0.1) is 19.1 Å². The lowest BCUT2D eigenvalue weighted by molar-refractivity contribution is -0.148. The number of hydrogen-bond acceptors (Lipinski definition) is 7. The van der Waals surface area contributed by atoms with E-state index in [1.807, 2.05) is 4.90 Å². The molecule has 3 heterocycles. The van der Waals surface area contributed by atoms with E-state index in [4.69, 9.17) is 4.74 Å². The molecule has 0 spiro atoms. The summed E-state index contributed by atoms with van der Waals surface area (Å²) in [6.07, 6.45) is 2.84. The number of esters is 1. The van der Waals surface area contributed by atoms with Crippen LogP contribution < -0.4 is 16.1 Å². The van der Waals surface area contributed by atoms with Crippen LogP contribution in [0.2, 0.25) is 0 Å². The molecule has 162 valence electrons. The number of nitrogens with one attached hydrogen (secondary N) is 1. The molecule has 1 N–H and O–H groups in total. The minimum Gasteiger partial charge on any atom is -0.466 e. The lowest BCUT2D eigenvalue weighted by atomic mass is 9.98. The van der Waals surface area contributed by atoms with Crippen LogP contribution in [0.15, 0.2) is 40.1 Å². The van der Waals surface area contributed by atoms with E-state index < -0.39 is 17.1 Å². The molecule has 1 saturated heterocycles. The summed E-state index contributed by atoms with van der Waals surface area (Å²) in [5, 5.41) is 0.124. The van der Waals surface area contributed by atoms with Gasteiger partial charge < -0.3 is 9.64 Å². The van der Waals surface area contributed by atoms with Crippen molar-refractivity contribution in [2.24, 2.45) is 5.92 Å². The van der Waals surface area contributed by atoms with Gasteiger partial charge in [-0.2, -0.15) is 4.98 Å². The molecule has 9 nitrogen and oxygen atoms in total. The average Bonchev–Trinajstić information content (AvgIpc) is 2.77. The summed E-state index contributed by atoms with van der Waals surface area (Å²) in [6.45, 7) is 2.93. The summed E-state index contributed by atoms with van der Waals surface area (Å²) < 4.78 is 20.0. The molecule has 4 rings (SSSR count). The van der Waals surface area contributed by atoms with Crippen molar-refractivity contribution in [3.8, 4) is 0 Å². The third-order valence-electron chi connectivity index (χ3n) is 5.33. The van der Waals surface area contributed by atoms with Crippen molar-refractivity contribution in [1.29, 1.82) is 0 Å². The second kappa shape index (κ2) is 8.66. The van der Waals surface area contributed by atoms with Gasteiger partial charge in [0, 0.05) is 24.8 Å². The Hall–Kier alpha value is -3.56. The minimum absolute atomic E-state index is 0.100. The molecule has 2 aromatic heterocycles. The number of benzene rings is 1. The summed E-state index contributed by atoms with van der Waals surface area (Å²) in [5.74, 6) is -0.705. The van der Waals surface area contributed by atoms with Crippen LogP contribution in [0.25, 0.3) is 11.0 Å². The fourth-order valence-electron chi connectivity index (χ4n) is 3.73. The van der Waals surface area contributed by atoms with Gasteiger partial charge in [0.15, 0.2) is 5.65 Å².